The van der Waals surface area contributed by atoms with Crippen LogP contribution in [-0.4, -0.2) is 18.1 Å². The molecule has 3 aromatic carbocycles. The molecular weight excluding hydrogens is 384 g/mol. The van der Waals surface area contributed by atoms with Crippen LogP contribution in [0.2, 0.25) is 0 Å². The summed E-state index contributed by atoms with van der Waals surface area (Å²) in [6, 6.07) is 25.0. The first kappa shape index (κ1) is 19.3. The van der Waals surface area contributed by atoms with Crippen molar-refractivity contribution in [2.45, 2.75) is 25.4 Å². The highest BCUT2D eigenvalue weighted by atomic mass is 16.7. The summed E-state index contributed by atoms with van der Waals surface area (Å²) in [5.41, 5.74) is 13.5. The van der Waals surface area contributed by atoms with E-state index in [2.05, 4.69) is 48.5 Å². The fourth-order valence-corrected chi connectivity index (χ4v) is 5.17. The average Bonchev–Trinajstić information content (AvgIpc) is 3.29. The molecular formula is C26H24N4O. The Bertz CT molecular complexity index is 1200. The Hall–Kier alpha value is -3.62. The third-order valence-corrected chi connectivity index (χ3v) is 6.66. The quantitative estimate of drug-likeness (QED) is 0.383. The molecule has 0 fully saturated rings. The van der Waals surface area contributed by atoms with Crippen LogP contribution in [0.1, 0.15) is 33.9 Å². The fraction of sp³-hybridized carbons (Fsp3) is 0.231. The summed E-state index contributed by atoms with van der Waals surface area (Å²) in [4.78, 5) is 6.34. The minimum Gasteiger partial charge on any atom is -0.368 e. The largest absolute Gasteiger partial charge is 0.368 e. The first-order valence-electron chi connectivity index (χ1n) is 10.4. The molecule has 0 aliphatic heterocycles. The van der Waals surface area contributed by atoms with E-state index in [0.29, 0.717) is 5.56 Å². The fourth-order valence-electron chi connectivity index (χ4n) is 5.17. The zero-order valence-electron chi connectivity index (χ0n) is 17.4. The first-order chi connectivity index (χ1) is 15.0. The first-order valence-corrected chi connectivity index (χ1v) is 10.4. The number of nitrogens with zero attached hydrogens (tertiary/aromatic N) is 2. The molecule has 0 amide bonds. The Morgan fingerprint density at radius 3 is 2.35 bits per heavy atom. The van der Waals surface area contributed by atoms with Gasteiger partial charge in [-0.3, -0.25) is 10.2 Å². The maximum Gasteiger partial charge on any atom is 0.212 e. The predicted molar refractivity (Wildman–Crippen MR) is 120 cm³/mol. The van der Waals surface area contributed by atoms with Crippen LogP contribution in [0.3, 0.4) is 0 Å². The lowest BCUT2D eigenvalue weighted by Gasteiger charge is -2.34. The van der Waals surface area contributed by atoms with Gasteiger partial charge in [0, 0.05) is 12.5 Å². The second-order valence-electron chi connectivity index (χ2n) is 8.64. The van der Waals surface area contributed by atoms with E-state index >= 15 is 0 Å². The Morgan fingerprint density at radius 2 is 1.68 bits per heavy atom. The van der Waals surface area contributed by atoms with Crippen molar-refractivity contribution < 1.29 is 4.84 Å². The number of rotatable bonds is 3. The van der Waals surface area contributed by atoms with Gasteiger partial charge in [0.15, 0.2) is 0 Å². The average molecular weight is 409 g/mol. The molecule has 0 bridgehead atoms. The lowest BCUT2D eigenvalue weighted by Crippen LogP contribution is -2.38. The number of benzene rings is 3. The van der Waals surface area contributed by atoms with Crippen LogP contribution in [0.4, 0.5) is 0 Å². The second kappa shape index (κ2) is 7.26. The van der Waals surface area contributed by atoms with Crippen LogP contribution >= 0.6 is 0 Å². The molecule has 2 aliphatic carbocycles. The molecule has 5 heteroatoms. The highest BCUT2D eigenvalue weighted by molar-refractivity contribution is 5.73. The molecule has 1 atom stereocenters. The minimum atomic E-state index is -0.206. The van der Waals surface area contributed by atoms with Gasteiger partial charge >= 0.3 is 0 Å². The van der Waals surface area contributed by atoms with E-state index in [1.54, 1.807) is 7.05 Å². The maximum absolute atomic E-state index is 9.27. The Labute approximate surface area is 182 Å². The van der Waals surface area contributed by atoms with Crippen LogP contribution < -0.4 is 5.73 Å². The normalized spacial score (nSPS) is 17.7. The highest BCUT2D eigenvalue weighted by Crippen LogP contribution is 2.56. The number of nitrogens with two attached hydrogens (primary N) is 1. The van der Waals surface area contributed by atoms with E-state index in [4.69, 9.17) is 16.0 Å². The van der Waals surface area contributed by atoms with Gasteiger partial charge in [0.25, 0.3) is 0 Å². The molecule has 0 aromatic heterocycles. The van der Waals surface area contributed by atoms with Gasteiger partial charge in [-0.1, -0.05) is 48.5 Å². The summed E-state index contributed by atoms with van der Waals surface area (Å²) >= 11 is 0. The van der Waals surface area contributed by atoms with E-state index in [0.717, 1.165) is 36.0 Å². The number of nitrogens with one attached hydrogen (secondary N) is 1. The van der Waals surface area contributed by atoms with Gasteiger partial charge in [-0.05, 0) is 70.8 Å². The van der Waals surface area contributed by atoms with Crippen molar-refractivity contribution in [2.24, 2.45) is 11.1 Å². The Morgan fingerprint density at radius 1 is 1.00 bits per heavy atom. The molecule has 3 aromatic rings. The van der Waals surface area contributed by atoms with Crippen molar-refractivity contribution in [1.29, 1.82) is 10.7 Å². The summed E-state index contributed by atoms with van der Waals surface area (Å²) in [5.74, 6) is -0.114. The number of hydroxylamine groups is 2. The van der Waals surface area contributed by atoms with E-state index < -0.39 is 0 Å². The predicted octanol–water partition coefficient (Wildman–Crippen LogP) is 4.36. The van der Waals surface area contributed by atoms with Crippen molar-refractivity contribution in [1.82, 2.24) is 5.06 Å². The number of guanidine groups is 1. The van der Waals surface area contributed by atoms with Crippen molar-refractivity contribution in [3.63, 3.8) is 0 Å². The lowest BCUT2D eigenvalue weighted by molar-refractivity contribution is -0.173. The molecule has 31 heavy (non-hydrogen) atoms. The van der Waals surface area contributed by atoms with Gasteiger partial charge < -0.3 is 5.73 Å². The van der Waals surface area contributed by atoms with Gasteiger partial charge in [0.05, 0.1) is 11.6 Å². The molecule has 5 nitrogen and oxygen atoms in total. The molecule has 0 saturated heterocycles. The zero-order valence-corrected chi connectivity index (χ0v) is 17.4. The van der Waals surface area contributed by atoms with Crippen LogP contribution in [0.5, 0.6) is 0 Å². The monoisotopic (exact) mass is 408 g/mol. The third-order valence-electron chi connectivity index (χ3n) is 6.66. The Balaban J connectivity index is 1.58. The van der Waals surface area contributed by atoms with Crippen LogP contribution in [-0.2, 0) is 24.1 Å². The van der Waals surface area contributed by atoms with Crippen LogP contribution in [0.25, 0.3) is 11.1 Å². The maximum atomic E-state index is 9.27. The second-order valence-corrected chi connectivity index (χ2v) is 8.64. The molecule has 0 saturated carbocycles. The van der Waals surface area contributed by atoms with E-state index in [-0.39, 0.29) is 17.5 Å². The summed E-state index contributed by atoms with van der Waals surface area (Å²) < 4.78 is 0. The smallest absolute Gasteiger partial charge is 0.212 e. The van der Waals surface area contributed by atoms with Crippen LogP contribution in [0.15, 0.2) is 66.7 Å². The molecule has 1 unspecified atom stereocenters. The zero-order chi connectivity index (χ0) is 21.6. The molecule has 5 rings (SSSR count). The van der Waals surface area contributed by atoms with Crippen molar-refractivity contribution >= 4 is 5.96 Å². The number of fused-ring (bicyclic) bond motifs is 2. The van der Waals surface area contributed by atoms with E-state index in [1.165, 1.54) is 21.8 Å². The number of hydrogen-bond acceptors (Lipinski definition) is 3. The molecule has 154 valence electrons. The van der Waals surface area contributed by atoms with Gasteiger partial charge in [-0.25, -0.2) is 5.06 Å². The molecule has 3 N–H and O–H groups in total. The van der Waals surface area contributed by atoms with Crippen molar-refractivity contribution in [3.05, 3.63) is 94.5 Å². The number of nitriles is 1. The van der Waals surface area contributed by atoms with E-state index in [9.17, 15) is 5.26 Å². The summed E-state index contributed by atoms with van der Waals surface area (Å²) in [5, 5.41) is 18.4. The highest BCUT2D eigenvalue weighted by Gasteiger charge is 2.51. The minimum absolute atomic E-state index is 0.0944. The molecule has 1 spiro atoms. The summed E-state index contributed by atoms with van der Waals surface area (Å²) in [6.07, 6.45) is 2.59. The third kappa shape index (κ3) is 3.26. The van der Waals surface area contributed by atoms with Gasteiger partial charge in [0.1, 0.15) is 6.10 Å². The molecule has 0 heterocycles. The standard InChI is InChI=1S/C26H24N4O/c1-30(25(28)29)31-24-23-12-19(18-8-4-5-17(11-18)16-27)9-10-22(23)15-26(24)13-20-6-2-3-7-21(20)14-26/h2-12,24H,13-15H2,1H3,(H3,28,29). The topological polar surface area (TPSA) is 86.1 Å². The van der Waals surface area contributed by atoms with E-state index in [1.807, 2.05) is 24.3 Å². The molecule has 0 radical (unpaired) electrons. The van der Waals surface area contributed by atoms with Crippen LogP contribution in [0, 0.1) is 22.2 Å². The van der Waals surface area contributed by atoms with Crippen molar-refractivity contribution in [2.75, 3.05) is 7.05 Å². The van der Waals surface area contributed by atoms with Crippen molar-refractivity contribution in [3.8, 4) is 17.2 Å². The number of hydrogen-bond donors (Lipinski definition) is 2. The SMILES string of the molecule is CN(OC1c2cc(-c3cccc(C#N)c3)ccc2CC12Cc1ccccc1C2)C(=N)N. The van der Waals surface area contributed by atoms with Gasteiger partial charge in [-0.2, -0.15) is 5.26 Å². The Kier molecular flexibility index (Phi) is 4.53. The summed E-state index contributed by atoms with van der Waals surface area (Å²) in [6.45, 7) is 0. The van der Waals surface area contributed by atoms with Gasteiger partial charge in [0.2, 0.25) is 5.96 Å². The summed E-state index contributed by atoms with van der Waals surface area (Å²) in [7, 11) is 1.69. The molecule has 2 aliphatic rings. The van der Waals surface area contributed by atoms with Gasteiger partial charge in [-0.15, -0.1) is 0 Å². The lowest BCUT2D eigenvalue weighted by atomic mass is 9.79.